The first-order chi connectivity index (χ1) is 12.6. The number of methoxy groups -OCH3 is 1. The van der Waals surface area contributed by atoms with Crippen molar-refractivity contribution < 1.29 is 13.9 Å². The molecule has 1 amide bonds. The molecule has 0 saturated carbocycles. The van der Waals surface area contributed by atoms with Crippen molar-refractivity contribution in [2.45, 2.75) is 13.3 Å². The Bertz CT molecular complexity index is 923. The summed E-state index contributed by atoms with van der Waals surface area (Å²) in [6, 6.07) is 13.8. The van der Waals surface area contributed by atoms with Crippen molar-refractivity contribution in [2.24, 2.45) is 0 Å². The van der Waals surface area contributed by atoms with E-state index in [4.69, 9.17) is 4.74 Å². The van der Waals surface area contributed by atoms with Gasteiger partial charge in [-0.1, -0.05) is 30.3 Å². The van der Waals surface area contributed by atoms with Gasteiger partial charge in [0.25, 0.3) is 5.91 Å². The quantitative estimate of drug-likeness (QED) is 0.679. The Hall–Kier alpha value is -2.79. The Morgan fingerprint density at radius 3 is 2.69 bits per heavy atom. The number of nitrogens with zero attached hydrogens (tertiary/aromatic N) is 1. The number of aryl methyl sites for hydroxylation is 1. The molecule has 0 spiro atoms. The van der Waals surface area contributed by atoms with Gasteiger partial charge in [-0.15, -0.1) is 0 Å². The van der Waals surface area contributed by atoms with Crippen LogP contribution in [0.15, 0.2) is 48.5 Å². The van der Waals surface area contributed by atoms with Gasteiger partial charge in [0, 0.05) is 36.9 Å². The topological polar surface area (TPSA) is 51.2 Å². The van der Waals surface area contributed by atoms with Crippen LogP contribution in [0.2, 0.25) is 0 Å². The highest BCUT2D eigenvalue weighted by molar-refractivity contribution is 6.09. The molecule has 134 valence electrons. The molecule has 4 nitrogen and oxygen atoms in total. The van der Waals surface area contributed by atoms with E-state index in [2.05, 4.69) is 10.3 Å². The first-order valence-electron chi connectivity index (χ1n) is 8.53. The first kappa shape index (κ1) is 18.0. The predicted octanol–water partition coefficient (Wildman–Crippen LogP) is 4.12. The zero-order valence-corrected chi connectivity index (χ0v) is 14.9. The van der Waals surface area contributed by atoms with Gasteiger partial charge in [0.1, 0.15) is 5.82 Å². The predicted molar refractivity (Wildman–Crippen MR) is 101 cm³/mol. The smallest absolute Gasteiger partial charge is 0.252 e. The summed E-state index contributed by atoms with van der Waals surface area (Å²) in [4.78, 5) is 17.3. The van der Waals surface area contributed by atoms with Crippen LogP contribution in [0.25, 0.3) is 22.0 Å². The Morgan fingerprint density at radius 1 is 1.19 bits per heavy atom. The summed E-state index contributed by atoms with van der Waals surface area (Å²) in [7, 11) is 1.64. The van der Waals surface area contributed by atoms with E-state index in [1.807, 2.05) is 25.1 Å². The summed E-state index contributed by atoms with van der Waals surface area (Å²) in [6.07, 6.45) is 0.755. The molecule has 3 aromatic rings. The highest BCUT2D eigenvalue weighted by Crippen LogP contribution is 2.29. The number of amides is 1. The van der Waals surface area contributed by atoms with Gasteiger partial charge in [0.05, 0.1) is 11.1 Å². The average molecular weight is 352 g/mol. The van der Waals surface area contributed by atoms with Crippen LogP contribution < -0.4 is 5.32 Å². The monoisotopic (exact) mass is 352 g/mol. The number of fused-ring (bicyclic) bond motifs is 1. The summed E-state index contributed by atoms with van der Waals surface area (Å²) in [5, 5.41) is 3.70. The van der Waals surface area contributed by atoms with Gasteiger partial charge < -0.3 is 10.1 Å². The lowest BCUT2D eigenvalue weighted by molar-refractivity contribution is 0.0950. The Balaban J connectivity index is 2.02. The van der Waals surface area contributed by atoms with E-state index in [1.165, 1.54) is 12.1 Å². The maximum atomic E-state index is 13.2. The lowest BCUT2D eigenvalue weighted by Gasteiger charge is -2.12. The van der Waals surface area contributed by atoms with Gasteiger partial charge in [-0.05, 0) is 37.1 Å². The number of carbonyl (C=O) groups is 1. The molecule has 26 heavy (non-hydrogen) atoms. The number of hydrogen-bond donors (Lipinski definition) is 1. The van der Waals surface area contributed by atoms with Gasteiger partial charge in [-0.25, -0.2) is 4.39 Å². The molecule has 0 saturated heterocycles. The third-order valence-electron chi connectivity index (χ3n) is 4.18. The minimum atomic E-state index is -0.283. The zero-order chi connectivity index (χ0) is 18.5. The van der Waals surface area contributed by atoms with Crippen molar-refractivity contribution in [3.8, 4) is 11.1 Å². The Kier molecular flexibility index (Phi) is 5.58. The van der Waals surface area contributed by atoms with Gasteiger partial charge in [-0.3, -0.25) is 9.78 Å². The zero-order valence-electron chi connectivity index (χ0n) is 14.9. The molecule has 0 unspecified atom stereocenters. The largest absolute Gasteiger partial charge is 0.385 e. The molecule has 0 aliphatic rings. The van der Waals surface area contributed by atoms with Crippen LogP contribution in [-0.4, -0.2) is 31.2 Å². The number of nitrogens with one attached hydrogen (secondary N) is 1. The number of benzene rings is 2. The van der Waals surface area contributed by atoms with Crippen LogP contribution in [0.3, 0.4) is 0 Å². The number of aromatic nitrogens is 1. The third-order valence-corrected chi connectivity index (χ3v) is 4.18. The summed E-state index contributed by atoms with van der Waals surface area (Å²) < 4.78 is 18.2. The van der Waals surface area contributed by atoms with Crippen molar-refractivity contribution in [1.29, 1.82) is 0 Å². The SMILES string of the molecule is COCCCNC(=O)c1cc(C)nc2c(-c3ccc(F)cc3)cccc12. The fourth-order valence-electron chi connectivity index (χ4n) is 2.94. The molecule has 0 atom stereocenters. The van der Waals surface area contributed by atoms with E-state index in [-0.39, 0.29) is 11.7 Å². The molecule has 3 rings (SSSR count). The van der Waals surface area contributed by atoms with Crippen molar-refractivity contribution in [3.63, 3.8) is 0 Å². The molecular weight excluding hydrogens is 331 g/mol. The standard InChI is InChI=1S/C21H21FN2O2/c1-14-13-19(21(25)23-11-4-12-26-2)18-6-3-5-17(20(18)24-14)15-7-9-16(22)10-8-15/h3,5-10,13H,4,11-12H2,1-2H3,(H,23,25). The second kappa shape index (κ2) is 8.06. The van der Waals surface area contributed by atoms with E-state index in [0.29, 0.717) is 18.7 Å². The molecule has 1 N–H and O–H groups in total. The van der Waals surface area contributed by atoms with Crippen LogP contribution in [0, 0.1) is 12.7 Å². The van der Waals surface area contributed by atoms with Gasteiger partial charge >= 0.3 is 0 Å². The fraction of sp³-hybridized carbons (Fsp3) is 0.238. The van der Waals surface area contributed by atoms with E-state index in [9.17, 15) is 9.18 Å². The highest BCUT2D eigenvalue weighted by Gasteiger charge is 2.14. The minimum Gasteiger partial charge on any atom is -0.385 e. The molecule has 2 aromatic carbocycles. The van der Waals surface area contributed by atoms with Gasteiger partial charge in [0.2, 0.25) is 0 Å². The summed E-state index contributed by atoms with van der Waals surface area (Å²) in [5.74, 6) is -0.415. The second-order valence-electron chi connectivity index (χ2n) is 6.12. The van der Waals surface area contributed by atoms with Crippen molar-refractivity contribution in [1.82, 2.24) is 10.3 Å². The molecule has 0 fully saturated rings. The summed E-state index contributed by atoms with van der Waals surface area (Å²) in [5.41, 5.74) is 3.82. The van der Waals surface area contributed by atoms with E-state index < -0.39 is 0 Å². The lowest BCUT2D eigenvalue weighted by atomic mass is 9.98. The van der Waals surface area contributed by atoms with Crippen molar-refractivity contribution >= 4 is 16.8 Å². The minimum absolute atomic E-state index is 0.132. The Labute approximate surface area is 152 Å². The number of rotatable bonds is 6. The number of carbonyl (C=O) groups excluding carboxylic acids is 1. The van der Waals surface area contributed by atoms with Crippen LogP contribution in [0.4, 0.5) is 4.39 Å². The first-order valence-corrected chi connectivity index (χ1v) is 8.53. The van der Waals surface area contributed by atoms with Crippen LogP contribution in [0.1, 0.15) is 22.5 Å². The van der Waals surface area contributed by atoms with Crippen LogP contribution in [0.5, 0.6) is 0 Å². The second-order valence-corrected chi connectivity index (χ2v) is 6.12. The van der Waals surface area contributed by atoms with E-state index >= 15 is 0 Å². The van der Waals surface area contributed by atoms with Gasteiger partial charge in [0.15, 0.2) is 0 Å². The van der Waals surface area contributed by atoms with Crippen molar-refractivity contribution in [3.05, 3.63) is 65.6 Å². The Morgan fingerprint density at radius 2 is 1.96 bits per heavy atom. The number of hydrogen-bond acceptors (Lipinski definition) is 3. The molecule has 0 aliphatic heterocycles. The van der Waals surface area contributed by atoms with E-state index in [1.54, 1.807) is 25.3 Å². The molecule has 1 aromatic heterocycles. The van der Waals surface area contributed by atoms with Gasteiger partial charge in [-0.2, -0.15) is 0 Å². The number of halogens is 1. The summed E-state index contributed by atoms with van der Waals surface area (Å²) >= 11 is 0. The molecule has 1 heterocycles. The normalized spacial score (nSPS) is 10.9. The van der Waals surface area contributed by atoms with E-state index in [0.717, 1.165) is 34.1 Å². The average Bonchev–Trinajstić information content (AvgIpc) is 2.64. The molecule has 0 radical (unpaired) electrons. The third kappa shape index (κ3) is 3.89. The number of para-hydroxylation sites is 1. The molecule has 5 heteroatoms. The lowest BCUT2D eigenvalue weighted by Crippen LogP contribution is -2.25. The van der Waals surface area contributed by atoms with Crippen LogP contribution >= 0.6 is 0 Å². The molecule has 0 aliphatic carbocycles. The summed E-state index contributed by atoms with van der Waals surface area (Å²) in [6.45, 7) is 3.01. The van der Waals surface area contributed by atoms with Crippen LogP contribution in [-0.2, 0) is 4.74 Å². The molecular formula is C21H21FN2O2. The maximum absolute atomic E-state index is 13.2. The maximum Gasteiger partial charge on any atom is 0.252 e. The van der Waals surface area contributed by atoms with Crippen molar-refractivity contribution in [2.75, 3.05) is 20.3 Å². The fourth-order valence-corrected chi connectivity index (χ4v) is 2.94. The highest BCUT2D eigenvalue weighted by atomic mass is 19.1. The number of ether oxygens (including phenoxy) is 1. The molecule has 0 bridgehead atoms. The number of pyridine rings is 1.